The molecular formula is C31H32F10N6O3S. The second kappa shape index (κ2) is 13.9. The number of hydrogen-bond donors (Lipinski definition) is 3. The van der Waals surface area contributed by atoms with Crippen molar-refractivity contribution in [3.63, 3.8) is 0 Å². The molecule has 2 aliphatic rings. The van der Waals surface area contributed by atoms with Gasteiger partial charge in [0.05, 0.1) is 17.8 Å². The first-order valence-electron chi connectivity index (χ1n) is 15.1. The zero-order chi connectivity index (χ0) is 38.5. The number of nitrogens with one attached hydrogen (secondary N) is 3. The summed E-state index contributed by atoms with van der Waals surface area (Å²) in [4.78, 5) is 17.5. The summed E-state index contributed by atoms with van der Waals surface area (Å²) in [5.74, 6) is -4.47. The molecule has 280 valence electrons. The normalized spacial score (nSPS) is 19.8. The number of hydrogen-bond acceptors (Lipinski definition) is 7. The van der Waals surface area contributed by atoms with Crippen LogP contribution < -0.4 is 16.2 Å². The monoisotopic (exact) mass is 758 g/mol. The van der Waals surface area contributed by atoms with Gasteiger partial charge in [-0.1, -0.05) is 12.5 Å². The number of alkyl halides is 8. The van der Waals surface area contributed by atoms with Crippen LogP contribution in [0.2, 0.25) is 0 Å². The van der Waals surface area contributed by atoms with Crippen LogP contribution in [0.3, 0.4) is 0 Å². The first kappa shape index (κ1) is 39.8. The Morgan fingerprint density at radius 2 is 1.75 bits per heavy atom. The summed E-state index contributed by atoms with van der Waals surface area (Å²) in [6.07, 6.45) is -9.53. The molecule has 0 saturated heterocycles. The first-order valence-corrected chi connectivity index (χ1v) is 17.0. The van der Waals surface area contributed by atoms with Gasteiger partial charge in [-0.05, 0) is 63.1 Å². The van der Waals surface area contributed by atoms with Gasteiger partial charge in [0.15, 0.2) is 15.5 Å². The number of aliphatic imine (C=N–C) groups is 1. The Morgan fingerprint density at radius 3 is 2.29 bits per heavy atom. The molecule has 0 bridgehead atoms. The number of rotatable bonds is 12. The van der Waals surface area contributed by atoms with Crippen molar-refractivity contribution in [3.8, 4) is 11.8 Å². The summed E-state index contributed by atoms with van der Waals surface area (Å²) < 4.78 is 161. The third-order valence-electron chi connectivity index (χ3n) is 8.29. The molecule has 1 aromatic heterocycles. The van der Waals surface area contributed by atoms with Gasteiger partial charge in [0, 0.05) is 23.8 Å². The molecule has 20 heteroatoms. The van der Waals surface area contributed by atoms with Crippen molar-refractivity contribution in [2.75, 3.05) is 12.8 Å². The van der Waals surface area contributed by atoms with Crippen LogP contribution in [0.4, 0.5) is 43.9 Å². The highest BCUT2D eigenvalue weighted by Gasteiger charge is 2.68. The van der Waals surface area contributed by atoms with E-state index in [1.165, 1.54) is 20.8 Å². The minimum absolute atomic E-state index is 0.0935. The third-order valence-corrected chi connectivity index (χ3v) is 10.2. The van der Waals surface area contributed by atoms with Crippen LogP contribution in [0.1, 0.15) is 55.6 Å². The first-order chi connectivity index (χ1) is 23.2. The van der Waals surface area contributed by atoms with Gasteiger partial charge < -0.3 is 5.32 Å². The largest absolute Gasteiger partial charge is 0.435 e. The molecule has 0 aliphatic heterocycles. The summed E-state index contributed by atoms with van der Waals surface area (Å²) in [6.45, 7) is 4.85. The molecule has 1 amide bonds. The molecule has 4 atom stereocenters. The highest BCUT2D eigenvalue weighted by atomic mass is 32.2. The molecule has 0 radical (unpaired) electrons. The lowest BCUT2D eigenvalue weighted by Crippen LogP contribution is -2.47. The predicted molar refractivity (Wildman–Crippen MR) is 164 cm³/mol. The van der Waals surface area contributed by atoms with Crippen LogP contribution in [-0.4, -0.2) is 65.6 Å². The number of sulfone groups is 1. The van der Waals surface area contributed by atoms with Gasteiger partial charge >= 0.3 is 12.4 Å². The molecule has 3 N–H and O–H groups in total. The summed E-state index contributed by atoms with van der Waals surface area (Å²) in [6, 6.07) is -0.376. The number of carbonyl (C=O) groups excluding carboxylic acids is 1. The highest BCUT2D eigenvalue weighted by molar-refractivity contribution is 7.92. The van der Waals surface area contributed by atoms with Crippen LogP contribution in [0.5, 0.6) is 0 Å². The number of aromatic nitrogens is 2. The fraction of sp³-hybridized carbons (Fsp3) is 0.516. The fourth-order valence-electron chi connectivity index (χ4n) is 5.33. The van der Waals surface area contributed by atoms with E-state index >= 15 is 8.78 Å². The van der Waals surface area contributed by atoms with E-state index in [1.54, 1.807) is 0 Å². The van der Waals surface area contributed by atoms with Crippen molar-refractivity contribution in [2.45, 2.75) is 81.2 Å². The number of nitrogens with zero attached hydrogens (tertiary/aromatic N) is 3. The Labute approximate surface area is 285 Å². The molecule has 1 heterocycles. The van der Waals surface area contributed by atoms with Crippen molar-refractivity contribution in [2.24, 2.45) is 10.9 Å². The number of hydrazine groups is 1. The van der Waals surface area contributed by atoms with Crippen LogP contribution in [0, 0.1) is 29.4 Å². The van der Waals surface area contributed by atoms with Crippen LogP contribution in [0.15, 0.2) is 35.5 Å². The zero-order valence-electron chi connectivity index (χ0n) is 27.3. The van der Waals surface area contributed by atoms with E-state index in [4.69, 9.17) is 0 Å². The number of fused-ring (bicyclic) bond motifs is 3. The Hall–Kier alpha value is -3.96. The Kier molecular flexibility index (Phi) is 10.8. The second-order valence-corrected chi connectivity index (χ2v) is 15.4. The van der Waals surface area contributed by atoms with E-state index in [1.807, 2.05) is 5.43 Å². The van der Waals surface area contributed by atoms with Crippen LogP contribution >= 0.6 is 0 Å². The average molecular weight is 759 g/mol. The molecule has 1 aromatic carbocycles. The van der Waals surface area contributed by atoms with E-state index < -0.39 is 111 Å². The summed E-state index contributed by atoms with van der Waals surface area (Å²) in [7, 11) is -3.82. The molecule has 1 unspecified atom stereocenters. The maximum Gasteiger partial charge on any atom is 0.435 e. The Bertz CT molecular complexity index is 1890. The number of benzene rings is 1. The Balaban J connectivity index is 1.70. The topological polar surface area (TPSA) is 117 Å². The highest BCUT2D eigenvalue weighted by Crippen LogP contribution is 2.68. The lowest BCUT2D eigenvalue weighted by molar-refractivity contribution is -0.142. The minimum Gasteiger partial charge on any atom is -0.346 e. The Morgan fingerprint density at radius 1 is 1.14 bits per heavy atom. The van der Waals surface area contributed by atoms with Crippen molar-refractivity contribution >= 4 is 21.5 Å². The second-order valence-electron chi connectivity index (χ2n) is 12.8. The standard InChI is InChI=1S/C31H32F10N6O3S/c1-15(43-22(6-7-28(3,4)51(5,49)50)16(2)45-42-14-29(34,35)36)23(10-17-8-18(32)11-19(33)9-17)44-24(48)13-47-27-25(26(46-47)31(39,40)41)20-12-21(20)30(27,37)38/h8-9,11,16,20-21,23,42,45H,1,10,12-14H2,2-5H3,(H,44,48)/b43-22-/t16?,20-,21+,23-/m0/s1. The summed E-state index contributed by atoms with van der Waals surface area (Å²) in [5, 5.41) is 5.64. The number of carbonyl (C=O) groups is 1. The van der Waals surface area contributed by atoms with E-state index in [-0.39, 0.29) is 28.1 Å². The molecule has 1 fully saturated rings. The van der Waals surface area contributed by atoms with Gasteiger partial charge in [-0.2, -0.15) is 40.2 Å². The van der Waals surface area contributed by atoms with Gasteiger partial charge in [-0.15, -0.1) is 0 Å². The smallest absolute Gasteiger partial charge is 0.346 e. The SMILES string of the molecule is C=C(/N=C(/C#CC(C)(C)S(C)(=O)=O)C(C)NNCC(F)(F)F)[C@H](Cc1cc(F)cc(F)c1)NC(=O)Cn1nc(C(F)(F)F)c2c1C(F)(F)[C@@H]1C[C@H]21. The maximum atomic E-state index is 15.1. The summed E-state index contributed by atoms with van der Waals surface area (Å²) in [5.41, 5.74) is 0.141. The van der Waals surface area contributed by atoms with Gasteiger partial charge in [0.2, 0.25) is 5.91 Å². The molecule has 4 rings (SSSR count). The van der Waals surface area contributed by atoms with Crippen LogP contribution in [-0.2, 0) is 39.7 Å². The van der Waals surface area contributed by atoms with Gasteiger partial charge in [0.1, 0.15) is 40.9 Å². The summed E-state index contributed by atoms with van der Waals surface area (Å²) >= 11 is 0. The zero-order valence-corrected chi connectivity index (χ0v) is 28.1. The predicted octanol–water partition coefficient (Wildman–Crippen LogP) is 4.94. The molecule has 0 spiro atoms. The molecule has 1 saturated carbocycles. The van der Waals surface area contributed by atoms with E-state index in [9.17, 15) is 48.3 Å². The van der Waals surface area contributed by atoms with E-state index in [2.05, 4.69) is 39.3 Å². The van der Waals surface area contributed by atoms with Gasteiger partial charge in [0.25, 0.3) is 5.92 Å². The molecule has 51 heavy (non-hydrogen) atoms. The quantitative estimate of drug-likeness (QED) is 0.122. The van der Waals surface area contributed by atoms with E-state index in [0.717, 1.165) is 18.4 Å². The van der Waals surface area contributed by atoms with Crippen LogP contribution in [0.25, 0.3) is 0 Å². The van der Waals surface area contributed by atoms with Crippen molar-refractivity contribution < 1.29 is 57.1 Å². The third kappa shape index (κ3) is 9.29. The van der Waals surface area contributed by atoms with Gasteiger partial charge in [-0.3, -0.25) is 9.48 Å². The van der Waals surface area contributed by atoms with Gasteiger partial charge in [-0.25, -0.2) is 33.0 Å². The van der Waals surface area contributed by atoms with Crippen molar-refractivity contribution in [3.05, 3.63) is 64.6 Å². The molecule has 2 aliphatic carbocycles. The van der Waals surface area contributed by atoms with E-state index in [0.29, 0.717) is 6.07 Å². The number of halogens is 10. The maximum absolute atomic E-state index is 15.1. The lowest BCUT2D eigenvalue weighted by Gasteiger charge is -2.22. The number of amides is 1. The molecule has 9 nitrogen and oxygen atoms in total. The van der Waals surface area contributed by atoms with Crippen molar-refractivity contribution in [1.29, 1.82) is 0 Å². The molecular weight excluding hydrogens is 726 g/mol. The van der Waals surface area contributed by atoms with Crippen molar-refractivity contribution in [1.82, 2.24) is 25.9 Å². The molecule has 2 aromatic rings. The fourth-order valence-corrected chi connectivity index (χ4v) is 5.57. The average Bonchev–Trinajstić information content (AvgIpc) is 3.60. The lowest BCUT2D eigenvalue weighted by atomic mass is 10.0. The minimum atomic E-state index is -5.10.